The topological polar surface area (TPSA) is 86.7 Å². The Hall–Kier alpha value is -2.34. The van der Waals surface area contributed by atoms with Crippen molar-refractivity contribution in [3.8, 4) is 0 Å². The summed E-state index contributed by atoms with van der Waals surface area (Å²) in [5.41, 5.74) is 10.8. The van der Waals surface area contributed by atoms with E-state index in [0.717, 1.165) is 53.4 Å². The average Bonchev–Trinajstić information content (AvgIpc) is 3.11. The molecule has 3 aromatic heterocycles. The summed E-state index contributed by atoms with van der Waals surface area (Å²) in [7, 11) is 0. The molecule has 0 amide bonds. The highest BCUT2D eigenvalue weighted by atomic mass is 16.1. The number of hydrogen-bond acceptors (Lipinski definition) is 5. The Kier molecular flexibility index (Phi) is 6.96. The Morgan fingerprint density at radius 2 is 2.00 bits per heavy atom. The van der Waals surface area contributed by atoms with E-state index in [1.165, 1.54) is 0 Å². The number of hydrogen-bond donors (Lipinski definition) is 1. The van der Waals surface area contributed by atoms with Gasteiger partial charge < -0.3 is 10.3 Å². The molecule has 0 saturated heterocycles. The predicted octanol–water partition coefficient (Wildman–Crippen LogP) is 4.61. The van der Waals surface area contributed by atoms with Crippen molar-refractivity contribution in [3.63, 3.8) is 0 Å². The van der Waals surface area contributed by atoms with Crippen LogP contribution in [0, 0.1) is 5.92 Å². The lowest BCUT2D eigenvalue weighted by atomic mass is 9.98. The smallest absolute Gasteiger partial charge is 0.149 e. The lowest BCUT2D eigenvalue weighted by Crippen LogP contribution is -2.31. The molecule has 2 atom stereocenters. The SMILES string of the molecule is CCCC(C)c1nc2cccnc2c2c1ncn2CCCC(=O)C(N)CC(C)C. The Morgan fingerprint density at radius 1 is 1.21 bits per heavy atom. The highest BCUT2D eigenvalue weighted by Gasteiger charge is 2.19. The molecular weight excluding hydrogens is 362 g/mol. The molecule has 3 rings (SSSR count). The third-order valence-corrected chi connectivity index (χ3v) is 5.48. The maximum absolute atomic E-state index is 12.3. The zero-order valence-corrected chi connectivity index (χ0v) is 18.1. The van der Waals surface area contributed by atoms with Crippen molar-refractivity contribution in [2.45, 2.75) is 78.3 Å². The van der Waals surface area contributed by atoms with E-state index in [1.807, 2.05) is 18.5 Å². The molecule has 2 unspecified atom stereocenters. The molecule has 0 bridgehead atoms. The van der Waals surface area contributed by atoms with E-state index in [4.69, 9.17) is 15.7 Å². The summed E-state index contributed by atoms with van der Waals surface area (Å²) in [6.07, 6.45) is 7.81. The molecule has 0 fully saturated rings. The second kappa shape index (κ2) is 9.44. The van der Waals surface area contributed by atoms with E-state index >= 15 is 0 Å². The van der Waals surface area contributed by atoms with Gasteiger partial charge in [0.15, 0.2) is 0 Å². The van der Waals surface area contributed by atoms with Crippen molar-refractivity contribution >= 4 is 27.9 Å². The number of nitrogens with zero attached hydrogens (tertiary/aromatic N) is 4. The molecule has 0 spiro atoms. The van der Waals surface area contributed by atoms with Crippen molar-refractivity contribution in [2.24, 2.45) is 11.7 Å². The van der Waals surface area contributed by atoms with Gasteiger partial charge in [-0.25, -0.2) is 9.97 Å². The van der Waals surface area contributed by atoms with Crippen LogP contribution in [-0.2, 0) is 11.3 Å². The third kappa shape index (κ3) is 4.81. The number of pyridine rings is 2. The minimum atomic E-state index is -0.359. The Labute approximate surface area is 172 Å². The number of carbonyl (C=O) groups is 1. The molecule has 0 aliphatic rings. The molecule has 6 nitrogen and oxygen atoms in total. The second-order valence-electron chi connectivity index (χ2n) is 8.50. The van der Waals surface area contributed by atoms with Crippen LogP contribution < -0.4 is 5.73 Å². The molecule has 29 heavy (non-hydrogen) atoms. The molecule has 156 valence electrons. The maximum Gasteiger partial charge on any atom is 0.149 e. The van der Waals surface area contributed by atoms with E-state index in [2.05, 4.69) is 37.2 Å². The number of imidazole rings is 1. The van der Waals surface area contributed by atoms with Crippen molar-refractivity contribution < 1.29 is 4.79 Å². The normalized spacial score (nSPS) is 14.0. The zero-order valence-electron chi connectivity index (χ0n) is 18.1. The van der Waals surface area contributed by atoms with Gasteiger partial charge in [0, 0.05) is 25.1 Å². The van der Waals surface area contributed by atoms with Gasteiger partial charge in [-0.05, 0) is 37.3 Å². The first-order valence-electron chi connectivity index (χ1n) is 10.8. The summed E-state index contributed by atoms with van der Waals surface area (Å²) in [6.45, 7) is 9.30. The largest absolute Gasteiger partial charge is 0.329 e. The monoisotopic (exact) mass is 395 g/mol. The molecule has 0 saturated carbocycles. The molecule has 3 heterocycles. The van der Waals surface area contributed by atoms with Gasteiger partial charge in [0.2, 0.25) is 0 Å². The van der Waals surface area contributed by atoms with Crippen molar-refractivity contribution in [2.75, 3.05) is 0 Å². The molecular formula is C23H33N5O. The Bertz CT molecular complexity index is 978. The summed E-state index contributed by atoms with van der Waals surface area (Å²) in [4.78, 5) is 26.5. The fourth-order valence-corrected chi connectivity index (χ4v) is 4.00. The van der Waals surface area contributed by atoms with Gasteiger partial charge in [0.25, 0.3) is 0 Å². The van der Waals surface area contributed by atoms with E-state index in [0.29, 0.717) is 24.8 Å². The molecule has 0 aliphatic carbocycles. The van der Waals surface area contributed by atoms with Gasteiger partial charge in [-0.1, -0.05) is 34.1 Å². The summed E-state index contributed by atoms with van der Waals surface area (Å²) in [6, 6.07) is 3.57. The molecule has 0 aromatic carbocycles. The molecule has 3 aromatic rings. The molecule has 2 N–H and O–H groups in total. The van der Waals surface area contributed by atoms with Crippen LogP contribution in [0.5, 0.6) is 0 Å². The van der Waals surface area contributed by atoms with Crippen molar-refractivity contribution in [1.82, 2.24) is 19.5 Å². The lowest BCUT2D eigenvalue weighted by molar-refractivity contribution is -0.120. The lowest BCUT2D eigenvalue weighted by Gasteiger charge is -2.14. The van der Waals surface area contributed by atoms with Crippen LogP contribution in [0.4, 0.5) is 0 Å². The van der Waals surface area contributed by atoms with Crippen molar-refractivity contribution in [3.05, 3.63) is 30.4 Å². The van der Waals surface area contributed by atoms with Crippen LogP contribution in [0.1, 0.15) is 71.4 Å². The maximum atomic E-state index is 12.3. The second-order valence-corrected chi connectivity index (χ2v) is 8.50. The summed E-state index contributed by atoms with van der Waals surface area (Å²) in [5.74, 6) is 0.913. The van der Waals surface area contributed by atoms with Gasteiger partial charge in [-0.2, -0.15) is 0 Å². The number of ketones is 1. The van der Waals surface area contributed by atoms with Crippen LogP contribution >= 0.6 is 0 Å². The number of carbonyl (C=O) groups excluding carboxylic acids is 1. The van der Waals surface area contributed by atoms with Crippen LogP contribution in [0.2, 0.25) is 0 Å². The van der Waals surface area contributed by atoms with E-state index in [-0.39, 0.29) is 11.8 Å². The van der Waals surface area contributed by atoms with Crippen molar-refractivity contribution in [1.29, 1.82) is 0 Å². The fraction of sp³-hybridized carbons (Fsp3) is 0.565. The first-order chi connectivity index (χ1) is 13.9. The van der Waals surface area contributed by atoms with Crippen LogP contribution in [0.3, 0.4) is 0 Å². The molecule has 0 aliphatic heterocycles. The van der Waals surface area contributed by atoms with Gasteiger partial charge in [-0.3, -0.25) is 9.78 Å². The van der Waals surface area contributed by atoms with Gasteiger partial charge in [-0.15, -0.1) is 0 Å². The third-order valence-electron chi connectivity index (χ3n) is 5.48. The predicted molar refractivity (Wildman–Crippen MR) is 118 cm³/mol. The Morgan fingerprint density at radius 3 is 2.72 bits per heavy atom. The zero-order chi connectivity index (χ0) is 21.0. The number of Topliss-reactive ketones (excluding diaryl/α,β-unsaturated/α-hetero) is 1. The van der Waals surface area contributed by atoms with Gasteiger partial charge in [0.1, 0.15) is 16.8 Å². The van der Waals surface area contributed by atoms with Crippen LogP contribution in [0.15, 0.2) is 24.7 Å². The number of nitrogens with two attached hydrogens (primary N) is 1. The number of fused-ring (bicyclic) bond motifs is 3. The first kappa shape index (κ1) is 21.4. The quantitative estimate of drug-likeness (QED) is 0.542. The summed E-state index contributed by atoms with van der Waals surface area (Å²) < 4.78 is 2.12. The first-order valence-corrected chi connectivity index (χ1v) is 10.8. The number of aromatic nitrogens is 4. The van der Waals surface area contributed by atoms with Gasteiger partial charge in [0.05, 0.1) is 29.1 Å². The highest BCUT2D eigenvalue weighted by molar-refractivity contribution is 6.00. The van der Waals surface area contributed by atoms with Crippen LogP contribution in [0.25, 0.3) is 22.1 Å². The average molecular weight is 396 g/mol. The minimum absolute atomic E-state index is 0.144. The highest BCUT2D eigenvalue weighted by Crippen LogP contribution is 2.30. The fourth-order valence-electron chi connectivity index (χ4n) is 4.00. The van der Waals surface area contributed by atoms with Crippen LogP contribution in [-0.4, -0.2) is 31.3 Å². The summed E-state index contributed by atoms with van der Waals surface area (Å²) in [5, 5.41) is 0. The van der Waals surface area contributed by atoms with E-state index in [9.17, 15) is 4.79 Å². The van der Waals surface area contributed by atoms with Gasteiger partial charge >= 0.3 is 0 Å². The van der Waals surface area contributed by atoms with E-state index in [1.54, 1.807) is 6.20 Å². The van der Waals surface area contributed by atoms with E-state index < -0.39 is 0 Å². The standard InChI is InChI=1S/C23H33N5O/c1-5-8-16(4)20-22-23(21-18(27-20)9-6-11-25-21)28(14-26-22)12-7-10-19(29)17(24)13-15(2)3/h6,9,11,14-17H,5,7-8,10,12-13,24H2,1-4H3. The number of aryl methyl sites for hydroxylation is 1. The Balaban J connectivity index is 1.87. The summed E-state index contributed by atoms with van der Waals surface area (Å²) >= 11 is 0. The number of rotatable bonds is 10. The molecule has 6 heteroatoms. The minimum Gasteiger partial charge on any atom is -0.329 e. The molecule has 0 radical (unpaired) electrons.